The van der Waals surface area contributed by atoms with Gasteiger partial charge in [-0.15, -0.1) is 0 Å². The van der Waals surface area contributed by atoms with Gasteiger partial charge in [-0.3, -0.25) is 10.1 Å². The topological polar surface area (TPSA) is 74.6 Å². The average molecular weight is 381 g/mol. The maximum absolute atomic E-state index is 13.0. The minimum atomic E-state index is -0.295. The van der Waals surface area contributed by atoms with Crippen molar-refractivity contribution >= 4 is 22.9 Å². The molecule has 1 amide bonds. The zero-order valence-electron chi connectivity index (χ0n) is 16.4. The van der Waals surface area contributed by atoms with Crippen LogP contribution >= 0.6 is 0 Å². The van der Waals surface area contributed by atoms with Crippen LogP contribution in [0, 0.1) is 0 Å². The molecule has 0 unspecified atom stereocenters. The molecule has 0 saturated carbocycles. The van der Waals surface area contributed by atoms with Crippen LogP contribution in [0.15, 0.2) is 36.4 Å². The summed E-state index contributed by atoms with van der Waals surface area (Å²) in [6.07, 6.45) is 0. The number of hydrogen-bond donors (Lipinski definition) is 1. The SMILES string of the molecule is COc1cc(C(=O)Nc2nc3ccccc3n2C(C)(C)C)cc2c1OCCO2. The van der Waals surface area contributed by atoms with Crippen LogP contribution in [0.1, 0.15) is 31.1 Å². The molecule has 7 nitrogen and oxygen atoms in total. The molecule has 0 spiro atoms. The Morgan fingerprint density at radius 2 is 1.93 bits per heavy atom. The number of aromatic nitrogens is 2. The van der Waals surface area contributed by atoms with E-state index in [-0.39, 0.29) is 11.4 Å². The van der Waals surface area contributed by atoms with Crippen molar-refractivity contribution < 1.29 is 19.0 Å². The number of hydrogen-bond acceptors (Lipinski definition) is 5. The van der Waals surface area contributed by atoms with Gasteiger partial charge in [0.1, 0.15) is 13.2 Å². The highest BCUT2D eigenvalue weighted by molar-refractivity contribution is 6.05. The number of ether oxygens (including phenoxy) is 3. The van der Waals surface area contributed by atoms with Crippen LogP contribution in [0.5, 0.6) is 17.2 Å². The van der Waals surface area contributed by atoms with Crippen molar-refractivity contribution in [2.45, 2.75) is 26.3 Å². The Hall–Kier alpha value is -3.22. The van der Waals surface area contributed by atoms with E-state index in [0.717, 1.165) is 11.0 Å². The summed E-state index contributed by atoms with van der Waals surface area (Å²) in [6.45, 7) is 7.10. The molecule has 0 aliphatic carbocycles. The van der Waals surface area contributed by atoms with Gasteiger partial charge in [0.25, 0.3) is 5.91 Å². The highest BCUT2D eigenvalue weighted by Gasteiger charge is 2.25. The van der Waals surface area contributed by atoms with Crippen molar-refractivity contribution in [2.75, 3.05) is 25.6 Å². The summed E-state index contributed by atoms with van der Waals surface area (Å²) in [5, 5.41) is 2.94. The fraction of sp³-hybridized carbons (Fsp3) is 0.333. The van der Waals surface area contributed by atoms with Crippen molar-refractivity contribution in [3.63, 3.8) is 0 Å². The number of imidazole rings is 1. The smallest absolute Gasteiger partial charge is 0.258 e. The van der Waals surface area contributed by atoms with Crippen LogP contribution < -0.4 is 19.5 Å². The number of benzene rings is 2. The standard InChI is InChI=1S/C21H23N3O4/c1-21(2,3)24-15-8-6-5-7-14(15)22-20(24)23-19(25)13-11-16(26-4)18-17(12-13)27-9-10-28-18/h5-8,11-12H,9-10H2,1-4H3,(H,22,23,25). The van der Waals surface area contributed by atoms with Crippen molar-refractivity contribution in [1.29, 1.82) is 0 Å². The van der Waals surface area contributed by atoms with Crippen LogP contribution in [-0.4, -0.2) is 35.8 Å². The third-order valence-electron chi connectivity index (χ3n) is 4.55. The summed E-state index contributed by atoms with van der Waals surface area (Å²) in [4.78, 5) is 17.6. The molecule has 1 aromatic heterocycles. The summed E-state index contributed by atoms with van der Waals surface area (Å²) in [6, 6.07) is 11.1. The summed E-state index contributed by atoms with van der Waals surface area (Å²) >= 11 is 0. The van der Waals surface area contributed by atoms with Gasteiger partial charge in [0.05, 0.1) is 18.1 Å². The first-order chi connectivity index (χ1) is 13.4. The normalized spacial score (nSPS) is 13.4. The van der Waals surface area contributed by atoms with E-state index >= 15 is 0 Å². The first-order valence-electron chi connectivity index (χ1n) is 9.15. The molecular formula is C21H23N3O4. The molecule has 0 radical (unpaired) electrons. The summed E-state index contributed by atoms with van der Waals surface area (Å²) in [5.74, 6) is 1.68. The van der Waals surface area contributed by atoms with Crippen LogP contribution in [0.3, 0.4) is 0 Å². The number of para-hydroxylation sites is 2. The minimum Gasteiger partial charge on any atom is -0.493 e. The molecular weight excluding hydrogens is 358 g/mol. The van der Waals surface area contributed by atoms with Gasteiger partial charge < -0.3 is 18.8 Å². The van der Waals surface area contributed by atoms with E-state index in [2.05, 4.69) is 31.1 Å². The second-order valence-electron chi connectivity index (χ2n) is 7.59. The predicted octanol–water partition coefficient (Wildman–Crippen LogP) is 3.82. The number of anilines is 1. The van der Waals surface area contributed by atoms with E-state index < -0.39 is 0 Å². The molecule has 3 aromatic rings. The monoisotopic (exact) mass is 381 g/mol. The Bertz CT molecular complexity index is 1030. The van der Waals surface area contributed by atoms with Crippen molar-refractivity contribution in [3.05, 3.63) is 42.0 Å². The quantitative estimate of drug-likeness (QED) is 0.746. The lowest BCUT2D eigenvalue weighted by atomic mass is 10.1. The van der Waals surface area contributed by atoms with E-state index in [4.69, 9.17) is 14.2 Å². The number of nitrogens with zero attached hydrogens (tertiary/aromatic N) is 2. The molecule has 28 heavy (non-hydrogen) atoms. The summed E-state index contributed by atoms with van der Waals surface area (Å²) in [7, 11) is 1.54. The molecule has 2 aromatic carbocycles. The molecule has 4 rings (SSSR count). The molecule has 1 N–H and O–H groups in total. The highest BCUT2D eigenvalue weighted by atomic mass is 16.6. The molecule has 7 heteroatoms. The van der Waals surface area contributed by atoms with Crippen molar-refractivity contribution in [3.8, 4) is 17.2 Å². The lowest BCUT2D eigenvalue weighted by Gasteiger charge is -2.25. The fourth-order valence-electron chi connectivity index (χ4n) is 3.37. The number of rotatable bonds is 3. The molecule has 0 bridgehead atoms. The van der Waals surface area contributed by atoms with Crippen molar-refractivity contribution in [1.82, 2.24) is 9.55 Å². The lowest BCUT2D eigenvalue weighted by Crippen LogP contribution is -2.26. The Morgan fingerprint density at radius 3 is 2.68 bits per heavy atom. The maximum Gasteiger partial charge on any atom is 0.258 e. The van der Waals surface area contributed by atoms with Gasteiger partial charge in [0.2, 0.25) is 11.7 Å². The third kappa shape index (κ3) is 3.13. The summed E-state index contributed by atoms with van der Waals surface area (Å²) < 4.78 is 18.6. The fourth-order valence-corrected chi connectivity index (χ4v) is 3.37. The van der Waals surface area contributed by atoms with Gasteiger partial charge in [0, 0.05) is 11.1 Å². The zero-order chi connectivity index (χ0) is 19.9. The minimum absolute atomic E-state index is 0.261. The predicted molar refractivity (Wildman–Crippen MR) is 107 cm³/mol. The molecule has 1 aliphatic rings. The van der Waals surface area contributed by atoms with Gasteiger partial charge in [-0.2, -0.15) is 0 Å². The summed E-state index contributed by atoms with van der Waals surface area (Å²) in [5.41, 5.74) is 1.94. The van der Waals surface area contributed by atoms with E-state index in [0.29, 0.717) is 42.0 Å². The average Bonchev–Trinajstić information content (AvgIpc) is 3.05. The van der Waals surface area contributed by atoms with Gasteiger partial charge in [-0.05, 0) is 45.0 Å². The zero-order valence-corrected chi connectivity index (χ0v) is 16.4. The second kappa shape index (κ2) is 6.74. The first kappa shape index (κ1) is 18.2. The molecule has 146 valence electrons. The number of carbonyl (C=O) groups is 1. The number of fused-ring (bicyclic) bond motifs is 2. The molecule has 2 heterocycles. The largest absolute Gasteiger partial charge is 0.493 e. The Labute approximate surface area is 163 Å². The molecule has 0 atom stereocenters. The Kier molecular flexibility index (Phi) is 4.37. The molecule has 1 aliphatic heterocycles. The van der Waals surface area contributed by atoms with Gasteiger partial charge >= 0.3 is 0 Å². The van der Waals surface area contributed by atoms with Crippen LogP contribution in [0.25, 0.3) is 11.0 Å². The third-order valence-corrected chi connectivity index (χ3v) is 4.55. The Balaban J connectivity index is 1.73. The Morgan fingerprint density at radius 1 is 1.18 bits per heavy atom. The van der Waals surface area contributed by atoms with Crippen LogP contribution in [-0.2, 0) is 5.54 Å². The number of amides is 1. The lowest BCUT2D eigenvalue weighted by molar-refractivity contribution is 0.102. The number of nitrogens with one attached hydrogen (secondary N) is 1. The second-order valence-corrected chi connectivity index (χ2v) is 7.59. The van der Waals surface area contributed by atoms with Gasteiger partial charge in [0.15, 0.2) is 11.5 Å². The number of methoxy groups -OCH3 is 1. The molecule has 0 saturated heterocycles. The maximum atomic E-state index is 13.0. The number of carbonyl (C=O) groups excluding carboxylic acids is 1. The van der Waals surface area contributed by atoms with E-state index in [1.807, 2.05) is 28.8 Å². The van der Waals surface area contributed by atoms with Gasteiger partial charge in [-0.25, -0.2) is 4.98 Å². The van der Waals surface area contributed by atoms with Crippen LogP contribution in [0.2, 0.25) is 0 Å². The van der Waals surface area contributed by atoms with Gasteiger partial charge in [-0.1, -0.05) is 12.1 Å². The van der Waals surface area contributed by atoms with E-state index in [1.54, 1.807) is 12.1 Å². The highest BCUT2D eigenvalue weighted by Crippen LogP contribution is 2.40. The first-order valence-corrected chi connectivity index (χ1v) is 9.15. The molecule has 0 fully saturated rings. The van der Waals surface area contributed by atoms with Crippen molar-refractivity contribution in [2.24, 2.45) is 0 Å². The van der Waals surface area contributed by atoms with E-state index in [9.17, 15) is 4.79 Å². The van der Waals surface area contributed by atoms with E-state index in [1.165, 1.54) is 7.11 Å². The van der Waals surface area contributed by atoms with Crippen LogP contribution in [0.4, 0.5) is 5.95 Å².